The second-order valence-corrected chi connectivity index (χ2v) is 9.27. The summed E-state index contributed by atoms with van der Waals surface area (Å²) in [5.74, 6) is 0.441. The van der Waals surface area contributed by atoms with E-state index in [2.05, 4.69) is 112 Å². The smallest absolute Gasteiger partial charge is 0.0244 e. The van der Waals surface area contributed by atoms with Gasteiger partial charge in [-0.05, 0) is 43.8 Å². The Bertz CT molecular complexity index is 1260. The van der Waals surface area contributed by atoms with E-state index in [1.54, 1.807) is 0 Å². The Labute approximate surface area is 185 Å². The summed E-state index contributed by atoms with van der Waals surface area (Å²) < 4.78 is 1.28. The van der Waals surface area contributed by atoms with Crippen LogP contribution >= 0.6 is 15.9 Å². The number of hydrogen-bond donors (Lipinski definition) is 0. The van der Waals surface area contributed by atoms with Crippen LogP contribution in [0.3, 0.4) is 0 Å². The van der Waals surface area contributed by atoms with Crippen LogP contribution in [0, 0.1) is 5.92 Å². The van der Waals surface area contributed by atoms with Crippen molar-refractivity contribution in [1.29, 1.82) is 0 Å². The van der Waals surface area contributed by atoms with Crippen molar-refractivity contribution in [2.45, 2.75) is 13.1 Å². The predicted molar refractivity (Wildman–Crippen MR) is 131 cm³/mol. The summed E-state index contributed by atoms with van der Waals surface area (Å²) in [6.45, 7) is 2.95. The second kappa shape index (κ2) is 7.23. The number of nitrogens with zero attached hydrogens (tertiary/aromatic N) is 1. The van der Waals surface area contributed by atoms with Gasteiger partial charge in [-0.3, -0.25) is 4.90 Å². The maximum absolute atomic E-state index is 3.75. The van der Waals surface area contributed by atoms with Crippen LogP contribution < -0.4 is 0 Å². The van der Waals surface area contributed by atoms with Crippen LogP contribution in [0.2, 0.25) is 0 Å². The quantitative estimate of drug-likeness (QED) is 0.306. The molecule has 2 aliphatic rings. The molecule has 1 unspecified atom stereocenters. The molecule has 1 nitrogen and oxygen atoms in total. The van der Waals surface area contributed by atoms with Gasteiger partial charge >= 0.3 is 0 Å². The molecule has 0 spiro atoms. The minimum atomic E-state index is 0.441. The molecule has 0 amide bonds. The standard InChI is InChI=1S/C28H22BrN/c29-26-11-5-8-21(26)16-30-17-22-14-12-19-6-1-3-9-24(19)27(22)28-23(18-30)15-13-20-7-2-4-10-25(20)28/h1-15,21H,16-18H2. The van der Waals surface area contributed by atoms with Gasteiger partial charge in [0.05, 0.1) is 0 Å². The van der Waals surface area contributed by atoms with Crippen LogP contribution in [0.15, 0.2) is 95.5 Å². The molecule has 0 aromatic heterocycles. The van der Waals surface area contributed by atoms with Gasteiger partial charge in [-0.15, -0.1) is 0 Å². The van der Waals surface area contributed by atoms with Gasteiger partial charge in [-0.1, -0.05) is 107 Å². The lowest BCUT2D eigenvalue weighted by atomic mass is 9.88. The first kappa shape index (κ1) is 18.1. The zero-order chi connectivity index (χ0) is 20.1. The number of benzene rings is 4. The summed E-state index contributed by atoms with van der Waals surface area (Å²) in [5, 5.41) is 5.34. The van der Waals surface area contributed by atoms with E-state index in [0.29, 0.717) is 5.92 Å². The molecule has 146 valence electrons. The fraction of sp³-hybridized carbons (Fsp3) is 0.143. The molecule has 0 bridgehead atoms. The third kappa shape index (κ3) is 2.94. The number of hydrogen-bond acceptors (Lipinski definition) is 1. The topological polar surface area (TPSA) is 3.24 Å². The van der Waals surface area contributed by atoms with Crippen molar-refractivity contribution in [1.82, 2.24) is 4.90 Å². The molecule has 0 radical (unpaired) electrons. The van der Waals surface area contributed by atoms with Crippen molar-refractivity contribution in [2.75, 3.05) is 6.54 Å². The highest BCUT2D eigenvalue weighted by atomic mass is 79.9. The Hall–Kier alpha value is -2.68. The van der Waals surface area contributed by atoms with E-state index >= 15 is 0 Å². The van der Waals surface area contributed by atoms with E-state index in [0.717, 1.165) is 19.6 Å². The van der Waals surface area contributed by atoms with Crippen LogP contribution in [0.25, 0.3) is 32.7 Å². The largest absolute Gasteiger partial charge is 0.294 e. The summed E-state index contributed by atoms with van der Waals surface area (Å²) in [4.78, 5) is 2.60. The van der Waals surface area contributed by atoms with Gasteiger partial charge in [-0.2, -0.15) is 0 Å². The van der Waals surface area contributed by atoms with Gasteiger partial charge in [0.25, 0.3) is 0 Å². The molecule has 1 aliphatic carbocycles. The average molecular weight is 452 g/mol. The normalized spacial score (nSPS) is 18.3. The van der Waals surface area contributed by atoms with Crippen molar-refractivity contribution in [3.63, 3.8) is 0 Å². The second-order valence-electron chi connectivity index (χ2n) is 8.35. The third-order valence-electron chi connectivity index (χ3n) is 6.48. The van der Waals surface area contributed by atoms with Crippen molar-refractivity contribution < 1.29 is 0 Å². The van der Waals surface area contributed by atoms with E-state index in [4.69, 9.17) is 0 Å². The fourth-order valence-corrected chi connectivity index (χ4v) is 5.53. The molecule has 0 saturated carbocycles. The summed E-state index contributed by atoms with van der Waals surface area (Å²) >= 11 is 3.75. The lowest BCUT2D eigenvalue weighted by Crippen LogP contribution is -2.27. The van der Waals surface area contributed by atoms with E-state index in [-0.39, 0.29) is 0 Å². The predicted octanol–water partition coefficient (Wildman–Crippen LogP) is 7.44. The highest BCUT2D eigenvalue weighted by molar-refractivity contribution is 9.11. The number of allylic oxidation sites excluding steroid dienone is 2. The molecule has 1 heterocycles. The van der Waals surface area contributed by atoms with Crippen LogP contribution in [0.1, 0.15) is 11.1 Å². The number of halogens is 1. The van der Waals surface area contributed by atoms with E-state index < -0.39 is 0 Å². The molecule has 4 aromatic carbocycles. The summed E-state index contributed by atoms with van der Waals surface area (Å²) in [5.41, 5.74) is 5.68. The first-order valence-electron chi connectivity index (χ1n) is 10.6. The van der Waals surface area contributed by atoms with Crippen molar-refractivity contribution in [3.05, 3.63) is 107 Å². The maximum atomic E-state index is 3.75. The zero-order valence-electron chi connectivity index (χ0n) is 16.7. The van der Waals surface area contributed by atoms with Crippen LogP contribution in [0.4, 0.5) is 0 Å². The summed E-state index contributed by atoms with van der Waals surface area (Å²) in [6, 6.07) is 26.9. The Kier molecular flexibility index (Phi) is 4.36. The lowest BCUT2D eigenvalue weighted by molar-refractivity contribution is 0.247. The van der Waals surface area contributed by atoms with Gasteiger partial charge in [-0.25, -0.2) is 0 Å². The Morgan fingerprint density at radius 1 is 0.733 bits per heavy atom. The van der Waals surface area contributed by atoms with Crippen LogP contribution in [-0.4, -0.2) is 11.4 Å². The Morgan fingerprint density at radius 3 is 1.83 bits per heavy atom. The summed E-state index contributed by atoms with van der Waals surface area (Å²) in [6.07, 6.45) is 6.64. The number of rotatable bonds is 2. The van der Waals surface area contributed by atoms with Gasteiger partial charge in [0.2, 0.25) is 0 Å². The van der Waals surface area contributed by atoms with Crippen LogP contribution in [0.5, 0.6) is 0 Å². The SMILES string of the molecule is BrC1=CC=CC1CN1Cc2ccc3ccccc3c2-c2c(ccc3ccccc23)C1. The monoisotopic (exact) mass is 451 g/mol. The third-order valence-corrected chi connectivity index (χ3v) is 7.33. The minimum Gasteiger partial charge on any atom is -0.294 e. The maximum Gasteiger partial charge on any atom is 0.0244 e. The molecule has 0 saturated heterocycles. The minimum absolute atomic E-state index is 0.441. The molecular formula is C28H22BrN. The van der Waals surface area contributed by atoms with Gasteiger partial charge in [0.1, 0.15) is 0 Å². The summed E-state index contributed by atoms with van der Waals surface area (Å²) in [7, 11) is 0. The molecular weight excluding hydrogens is 430 g/mol. The highest BCUT2D eigenvalue weighted by Crippen LogP contribution is 2.42. The molecule has 4 aromatic rings. The first-order valence-corrected chi connectivity index (χ1v) is 11.3. The van der Waals surface area contributed by atoms with Crippen LogP contribution in [-0.2, 0) is 13.1 Å². The molecule has 1 aliphatic heterocycles. The van der Waals surface area contributed by atoms with Crippen molar-refractivity contribution in [2.24, 2.45) is 5.92 Å². The van der Waals surface area contributed by atoms with E-state index in [1.165, 1.54) is 48.3 Å². The average Bonchev–Trinajstić information content (AvgIpc) is 3.09. The molecule has 30 heavy (non-hydrogen) atoms. The lowest BCUT2D eigenvalue weighted by Gasteiger charge is -2.24. The van der Waals surface area contributed by atoms with Gasteiger partial charge in [0.15, 0.2) is 0 Å². The van der Waals surface area contributed by atoms with E-state index in [1.807, 2.05) is 0 Å². The molecule has 0 N–H and O–H groups in total. The Balaban J connectivity index is 1.60. The van der Waals surface area contributed by atoms with Crippen molar-refractivity contribution in [3.8, 4) is 11.1 Å². The first-order chi connectivity index (χ1) is 14.8. The highest BCUT2D eigenvalue weighted by Gasteiger charge is 2.25. The fourth-order valence-electron chi connectivity index (χ4n) is 5.08. The zero-order valence-corrected chi connectivity index (χ0v) is 18.3. The number of fused-ring (bicyclic) bond motifs is 7. The molecule has 1 atom stereocenters. The Morgan fingerprint density at radius 2 is 1.30 bits per heavy atom. The van der Waals surface area contributed by atoms with E-state index in [9.17, 15) is 0 Å². The molecule has 2 heteroatoms. The van der Waals surface area contributed by atoms with Gasteiger partial charge in [0, 0.05) is 30.0 Å². The van der Waals surface area contributed by atoms with Crippen molar-refractivity contribution >= 4 is 37.5 Å². The molecule has 6 rings (SSSR count). The van der Waals surface area contributed by atoms with Gasteiger partial charge < -0.3 is 0 Å². The molecule has 0 fully saturated rings.